The molecular formula is C44H29N7O7S2. The minimum atomic E-state index is -1.22. The molecule has 4 aromatic carbocycles. The normalized spacial score (nSPS) is 10.6. The topological polar surface area (TPSA) is 232 Å². The van der Waals surface area contributed by atoms with E-state index in [1.54, 1.807) is 55.5 Å². The largest absolute Gasteiger partial charge is 0.504 e. The molecule has 0 aliphatic carbocycles. The van der Waals surface area contributed by atoms with E-state index in [2.05, 4.69) is 31.3 Å². The van der Waals surface area contributed by atoms with Crippen LogP contribution in [0.5, 0.6) is 11.5 Å². The first-order chi connectivity index (χ1) is 29.1. The van der Waals surface area contributed by atoms with Crippen molar-refractivity contribution in [2.45, 2.75) is 6.92 Å². The number of carboxylic acid groups (broad SMARTS) is 1. The second-order valence-corrected chi connectivity index (χ2v) is 14.6. The van der Waals surface area contributed by atoms with Crippen LogP contribution in [0, 0.1) is 22.7 Å². The van der Waals surface area contributed by atoms with Crippen molar-refractivity contribution < 1.29 is 34.4 Å². The Labute approximate surface area is 348 Å². The van der Waals surface area contributed by atoms with Crippen LogP contribution in [0.25, 0.3) is 64.1 Å². The smallest absolute Gasteiger partial charge is 0.360 e. The van der Waals surface area contributed by atoms with Gasteiger partial charge in [-0.25, -0.2) is 24.7 Å². The van der Waals surface area contributed by atoms with Gasteiger partial charge in [-0.1, -0.05) is 84.9 Å². The molecule has 0 fully saturated rings. The van der Waals surface area contributed by atoms with E-state index in [9.17, 15) is 24.6 Å². The van der Waals surface area contributed by atoms with Crippen molar-refractivity contribution in [2.75, 3.05) is 13.2 Å². The molecule has 16 heteroatoms. The number of fused-ring (bicyclic) bond motifs is 2. The number of hydrogen-bond acceptors (Lipinski definition) is 14. The highest BCUT2D eigenvalue weighted by atomic mass is 32.1. The molecular weight excluding hydrogens is 803 g/mol. The number of aliphatic carboxylic acids is 1. The predicted octanol–water partition coefficient (Wildman–Crippen LogP) is 8.20. The highest BCUT2D eigenvalue weighted by molar-refractivity contribution is 7.22. The molecule has 14 nitrogen and oxygen atoms in total. The first kappa shape index (κ1) is 40.2. The Morgan fingerprint density at radius 1 is 0.633 bits per heavy atom. The molecule has 0 atom stereocenters. The Morgan fingerprint density at radius 2 is 1.07 bits per heavy atom. The summed E-state index contributed by atoms with van der Waals surface area (Å²) in [6.45, 7) is 1.25. The molecule has 0 saturated heterocycles. The lowest BCUT2D eigenvalue weighted by molar-refractivity contribution is -0.135. The van der Waals surface area contributed by atoms with Gasteiger partial charge in [-0.05, 0) is 31.2 Å². The van der Waals surface area contributed by atoms with Crippen molar-refractivity contribution in [3.8, 4) is 67.3 Å². The number of nitriles is 2. The molecule has 0 bridgehead atoms. The van der Waals surface area contributed by atoms with Gasteiger partial charge >= 0.3 is 11.9 Å². The summed E-state index contributed by atoms with van der Waals surface area (Å²) < 4.78 is 5.87. The summed E-state index contributed by atoms with van der Waals surface area (Å²) in [5.41, 5.74) is 5.23. The van der Waals surface area contributed by atoms with E-state index in [1.807, 2.05) is 66.7 Å². The number of carboxylic acids is 1. The number of aromatic hydroxyl groups is 2. The third-order valence-electron chi connectivity index (χ3n) is 8.73. The number of ether oxygens (including phenoxy) is 1. The lowest BCUT2D eigenvalue weighted by Crippen LogP contribution is -2.30. The minimum absolute atomic E-state index is 0.151. The van der Waals surface area contributed by atoms with Gasteiger partial charge in [0.2, 0.25) is 0 Å². The fraction of sp³-hybridized carbons (Fsp3) is 0.0682. The fourth-order valence-electron chi connectivity index (χ4n) is 5.89. The standard InChI is InChI=1S/C22H14N4O4S.C22H15N3O3S/c23-10-12-6-8-13(9-7-12)16-17-20(31-22(26-17)14-4-2-1-3-5-14)19(29)18(25-16)21(30)24-11-15(27)28;1-2-28-22(27)18-19(26)20-17(25-21(29-20)15-6-4-3-5-7-15)16(24-18)14-10-8-13(12-23)9-11-14/h1-9,29H,11H2,(H,24,30)(H,27,28);3-11,26H,2H2,1H3. The van der Waals surface area contributed by atoms with Gasteiger partial charge in [-0.2, -0.15) is 10.5 Å². The van der Waals surface area contributed by atoms with Crippen LogP contribution in [0.2, 0.25) is 0 Å². The second kappa shape index (κ2) is 17.6. The number of carbonyl (C=O) groups is 3. The van der Waals surface area contributed by atoms with Crippen molar-refractivity contribution >= 4 is 61.0 Å². The molecule has 0 unspecified atom stereocenters. The summed E-state index contributed by atoms with van der Waals surface area (Å²) in [7, 11) is 0. The van der Waals surface area contributed by atoms with E-state index < -0.39 is 24.4 Å². The van der Waals surface area contributed by atoms with Crippen molar-refractivity contribution in [1.29, 1.82) is 10.5 Å². The molecule has 4 aromatic heterocycles. The van der Waals surface area contributed by atoms with Crippen LogP contribution >= 0.6 is 22.7 Å². The number of pyridine rings is 2. The van der Waals surface area contributed by atoms with Gasteiger partial charge in [0.1, 0.15) is 37.0 Å². The van der Waals surface area contributed by atoms with Crippen molar-refractivity contribution in [2.24, 2.45) is 0 Å². The van der Waals surface area contributed by atoms with Gasteiger partial charge in [-0.3, -0.25) is 9.59 Å². The summed E-state index contributed by atoms with van der Waals surface area (Å²) in [5, 5.41) is 52.0. The minimum Gasteiger partial charge on any atom is -0.504 e. The Hall–Kier alpha value is -8.05. The molecule has 0 radical (unpaired) electrons. The number of amides is 1. The Bertz CT molecular complexity index is 2990. The molecule has 60 heavy (non-hydrogen) atoms. The lowest BCUT2D eigenvalue weighted by Gasteiger charge is -2.09. The SMILES string of the molecule is CCOC(=O)c1nc(-c2ccc(C#N)cc2)c2nc(-c3ccccc3)sc2c1O.N#Cc1ccc(-c2nc(C(=O)NCC(=O)O)c(O)c3sc(-c4ccccc4)nc23)cc1. The second-order valence-electron chi connectivity index (χ2n) is 12.6. The van der Waals surface area contributed by atoms with E-state index >= 15 is 0 Å². The number of esters is 1. The molecule has 0 saturated carbocycles. The molecule has 294 valence electrons. The van der Waals surface area contributed by atoms with E-state index in [0.29, 0.717) is 64.1 Å². The molecule has 0 aliphatic rings. The van der Waals surface area contributed by atoms with E-state index in [4.69, 9.17) is 20.4 Å². The maximum atomic E-state index is 12.5. The Morgan fingerprint density at radius 3 is 1.48 bits per heavy atom. The van der Waals surface area contributed by atoms with Crippen LogP contribution in [-0.2, 0) is 9.53 Å². The summed E-state index contributed by atoms with van der Waals surface area (Å²) in [5.74, 6) is -3.33. The average Bonchev–Trinajstić information content (AvgIpc) is 3.94. The molecule has 1 amide bonds. The van der Waals surface area contributed by atoms with Crippen molar-refractivity contribution in [1.82, 2.24) is 25.3 Å². The zero-order valence-corrected chi connectivity index (χ0v) is 32.9. The number of nitrogens with one attached hydrogen (secondary N) is 1. The summed E-state index contributed by atoms with van der Waals surface area (Å²) in [6, 6.07) is 36.5. The quantitative estimate of drug-likeness (QED) is 0.101. The third-order valence-corrected chi connectivity index (χ3v) is 11.0. The van der Waals surface area contributed by atoms with Gasteiger partial charge in [0.25, 0.3) is 5.91 Å². The van der Waals surface area contributed by atoms with Crippen LogP contribution in [0.3, 0.4) is 0 Å². The highest BCUT2D eigenvalue weighted by Gasteiger charge is 2.26. The zero-order chi connectivity index (χ0) is 42.3. The van der Waals surface area contributed by atoms with Gasteiger partial charge in [0, 0.05) is 22.3 Å². The summed E-state index contributed by atoms with van der Waals surface area (Å²) in [4.78, 5) is 53.7. The van der Waals surface area contributed by atoms with Crippen molar-refractivity contribution in [3.63, 3.8) is 0 Å². The maximum absolute atomic E-state index is 12.5. The van der Waals surface area contributed by atoms with Gasteiger partial charge in [0.05, 0.1) is 41.3 Å². The van der Waals surface area contributed by atoms with E-state index in [-0.39, 0.29) is 29.5 Å². The number of nitrogens with zero attached hydrogens (tertiary/aromatic N) is 6. The maximum Gasteiger partial charge on any atom is 0.360 e. The number of hydrogen-bond donors (Lipinski definition) is 4. The first-order valence-electron chi connectivity index (χ1n) is 18.0. The number of benzene rings is 4. The van der Waals surface area contributed by atoms with Crippen LogP contribution < -0.4 is 5.32 Å². The molecule has 0 aliphatic heterocycles. The average molecular weight is 832 g/mol. The molecule has 8 aromatic rings. The van der Waals surface area contributed by atoms with Crippen molar-refractivity contribution in [3.05, 3.63) is 132 Å². The molecule has 4 heterocycles. The summed E-state index contributed by atoms with van der Waals surface area (Å²) in [6.07, 6.45) is 0. The van der Waals surface area contributed by atoms with Crippen LogP contribution in [0.4, 0.5) is 0 Å². The fourth-order valence-corrected chi connectivity index (χ4v) is 7.92. The predicted molar refractivity (Wildman–Crippen MR) is 225 cm³/mol. The first-order valence-corrected chi connectivity index (χ1v) is 19.6. The number of aromatic nitrogens is 4. The Kier molecular flexibility index (Phi) is 11.8. The third kappa shape index (κ3) is 8.32. The number of carbonyl (C=O) groups excluding carboxylic acids is 2. The van der Waals surface area contributed by atoms with E-state index in [0.717, 1.165) is 11.1 Å². The van der Waals surface area contributed by atoms with Gasteiger partial charge < -0.3 is 25.4 Å². The number of rotatable bonds is 9. The molecule has 8 rings (SSSR count). The van der Waals surface area contributed by atoms with Crippen LogP contribution in [0.1, 0.15) is 39.0 Å². The highest BCUT2D eigenvalue weighted by Crippen LogP contribution is 2.42. The zero-order valence-electron chi connectivity index (χ0n) is 31.3. The van der Waals surface area contributed by atoms with Crippen LogP contribution in [0.15, 0.2) is 109 Å². The van der Waals surface area contributed by atoms with Gasteiger partial charge in [0.15, 0.2) is 22.9 Å². The Balaban J connectivity index is 0.000000182. The molecule has 0 spiro atoms. The molecule has 4 N–H and O–H groups in total. The van der Waals surface area contributed by atoms with Crippen LogP contribution in [-0.4, -0.2) is 66.3 Å². The monoisotopic (exact) mass is 831 g/mol. The summed E-state index contributed by atoms with van der Waals surface area (Å²) >= 11 is 2.48. The lowest BCUT2D eigenvalue weighted by atomic mass is 10.1. The van der Waals surface area contributed by atoms with E-state index in [1.165, 1.54) is 22.7 Å². The number of thiazole rings is 2. The van der Waals surface area contributed by atoms with Gasteiger partial charge in [-0.15, -0.1) is 22.7 Å².